The van der Waals surface area contributed by atoms with E-state index in [9.17, 15) is 14.4 Å². The second-order valence-electron chi connectivity index (χ2n) is 7.31. The van der Waals surface area contributed by atoms with E-state index < -0.39 is 0 Å². The molecule has 0 N–H and O–H groups in total. The Morgan fingerprint density at radius 1 is 0.677 bits per heavy atom. The van der Waals surface area contributed by atoms with Gasteiger partial charge in [0.05, 0.1) is 5.69 Å². The molecule has 0 unspecified atom stereocenters. The maximum atomic E-state index is 13.1. The summed E-state index contributed by atoms with van der Waals surface area (Å²) in [7, 11) is 0. The molecule has 0 saturated heterocycles. The van der Waals surface area contributed by atoms with Gasteiger partial charge in [-0.1, -0.05) is 60.7 Å². The van der Waals surface area contributed by atoms with Crippen molar-refractivity contribution < 1.29 is 14.4 Å². The first kappa shape index (κ1) is 18.7. The number of hydrogen-bond acceptors (Lipinski definition) is 3. The number of imide groups is 1. The number of carbonyl (C=O) groups is 3. The second kappa shape index (κ2) is 7.50. The molecule has 5 rings (SSSR count). The molecule has 1 aliphatic heterocycles. The maximum Gasteiger partial charge on any atom is 0.265 e. The quantitative estimate of drug-likeness (QED) is 0.255. The van der Waals surface area contributed by atoms with Gasteiger partial charge in [0.25, 0.3) is 11.8 Å². The average Bonchev–Trinajstić information content (AvgIpc) is 2.82. The number of carbonyl (C=O) groups excluding carboxylic acids is 3. The first-order chi connectivity index (χ1) is 15.1. The van der Waals surface area contributed by atoms with Crippen LogP contribution in [0.25, 0.3) is 16.8 Å². The first-order valence-electron chi connectivity index (χ1n) is 9.91. The van der Waals surface area contributed by atoms with Crippen molar-refractivity contribution >= 4 is 40.1 Å². The zero-order valence-electron chi connectivity index (χ0n) is 16.5. The second-order valence-corrected chi connectivity index (χ2v) is 7.31. The van der Waals surface area contributed by atoms with Crippen molar-refractivity contribution in [2.45, 2.75) is 0 Å². The van der Waals surface area contributed by atoms with Crippen LogP contribution in [0, 0.1) is 0 Å². The van der Waals surface area contributed by atoms with E-state index in [1.54, 1.807) is 42.5 Å². The van der Waals surface area contributed by atoms with Gasteiger partial charge in [0, 0.05) is 22.1 Å². The van der Waals surface area contributed by atoms with Gasteiger partial charge in [0.2, 0.25) is 0 Å². The van der Waals surface area contributed by atoms with Crippen LogP contribution in [0.1, 0.15) is 36.6 Å². The molecule has 4 nitrogen and oxygen atoms in total. The van der Waals surface area contributed by atoms with Crippen molar-refractivity contribution in [1.82, 2.24) is 0 Å². The fourth-order valence-corrected chi connectivity index (χ4v) is 3.87. The van der Waals surface area contributed by atoms with Gasteiger partial charge in [0.1, 0.15) is 0 Å². The number of amides is 2. The minimum atomic E-state index is -0.364. The molecule has 0 atom stereocenters. The van der Waals surface area contributed by atoms with Crippen LogP contribution >= 0.6 is 0 Å². The standard InChI is InChI=1S/C27H17NO3/c29-24(17-12-18-6-2-1-3-7-18)19-13-15-21(16-14-19)28-26(30)22-10-4-8-20-9-5-11-23(25(20)22)27(28)31/h1-17H/b17-12+. The van der Waals surface area contributed by atoms with Gasteiger partial charge in [0.15, 0.2) is 5.78 Å². The molecule has 0 fully saturated rings. The number of nitrogens with zero attached hydrogens (tertiary/aromatic N) is 1. The number of anilines is 1. The number of benzene rings is 4. The van der Waals surface area contributed by atoms with Crippen molar-refractivity contribution in [3.05, 3.63) is 119 Å². The van der Waals surface area contributed by atoms with E-state index in [-0.39, 0.29) is 17.6 Å². The molecule has 31 heavy (non-hydrogen) atoms. The van der Waals surface area contributed by atoms with E-state index in [4.69, 9.17) is 0 Å². The summed E-state index contributed by atoms with van der Waals surface area (Å²) in [6.45, 7) is 0. The molecule has 0 bridgehead atoms. The number of allylic oxidation sites excluding steroid dienone is 1. The number of hydrogen-bond donors (Lipinski definition) is 0. The lowest BCUT2D eigenvalue weighted by Gasteiger charge is -2.27. The van der Waals surface area contributed by atoms with Crippen molar-refractivity contribution in [3.63, 3.8) is 0 Å². The van der Waals surface area contributed by atoms with Crippen LogP contribution in [-0.4, -0.2) is 17.6 Å². The molecule has 4 aromatic rings. The van der Waals surface area contributed by atoms with Gasteiger partial charge in [-0.3, -0.25) is 14.4 Å². The topological polar surface area (TPSA) is 54.5 Å². The average molecular weight is 403 g/mol. The van der Waals surface area contributed by atoms with Gasteiger partial charge in [-0.25, -0.2) is 4.90 Å². The highest BCUT2D eigenvalue weighted by atomic mass is 16.2. The van der Waals surface area contributed by atoms with E-state index in [0.29, 0.717) is 27.8 Å². The lowest BCUT2D eigenvalue weighted by Crippen LogP contribution is -2.40. The molecule has 0 radical (unpaired) electrons. The first-order valence-corrected chi connectivity index (χ1v) is 9.91. The highest BCUT2D eigenvalue weighted by Gasteiger charge is 2.33. The summed E-state index contributed by atoms with van der Waals surface area (Å²) in [6.07, 6.45) is 3.27. The number of rotatable bonds is 4. The monoisotopic (exact) mass is 403 g/mol. The molecule has 1 heterocycles. The highest BCUT2D eigenvalue weighted by Crippen LogP contribution is 2.32. The Morgan fingerprint density at radius 2 is 1.29 bits per heavy atom. The van der Waals surface area contributed by atoms with Crippen LogP contribution in [0.15, 0.2) is 97.1 Å². The van der Waals surface area contributed by atoms with Crippen molar-refractivity contribution in [1.29, 1.82) is 0 Å². The van der Waals surface area contributed by atoms with E-state index in [1.165, 1.54) is 11.0 Å². The molecule has 4 aromatic carbocycles. The largest absolute Gasteiger partial charge is 0.289 e. The molecule has 148 valence electrons. The minimum Gasteiger partial charge on any atom is -0.289 e. The molecular weight excluding hydrogens is 386 g/mol. The fourth-order valence-electron chi connectivity index (χ4n) is 3.87. The predicted molar refractivity (Wildman–Crippen MR) is 121 cm³/mol. The molecule has 2 amide bonds. The van der Waals surface area contributed by atoms with Crippen LogP contribution in [0.2, 0.25) is 0 Å². The molecule has 0 aliphatic carbocycles. The molecule has 0 saturated carbocycles. The summed E-state index contributed by atoms with van der Waals surface area (Å²) in [6, 6.07) is 27.0. The van der Waals surface area contributed by atoms with E-state index >= 15 is 0 Å². The van der Waals surface area contributed by atoms with E-state index in [0.717, 1.165) is 10.9 Å². The molecule has 1 aliphatic rings. The minimum absolute atomic E-state index is 0.151. The molecule has 4 heteroatoms. The fraction of sp³-hybridized carbons (Fsp3) is 0. The molecule has 0 aromatic heterocycles. The molecular formula is C27H17NO3. The maximum absolute atomic E-state index is 13.1. The Morgan fingerprint density at radius 3 is 1.90 bits per heavy atom. The lowest BCUT2D eigenvalue weighted by molar-refractivity contribution is 0.0893. The Kier molecular flexibility index (Phi) is 4.53. The third kappa shape index (κ3) is 3.24. The molecule has 0 spiro atoms. The third-order valence-electron chi connectivity index (χ3n) is 5.41. The van der Waals surface area contributed by atoms with E-state index in [1.807, 2.05) is 54.6 Å². The summed E-state index contributed by atoms with van der Waals surface area (Å²) >= 11 is 0. The lowest BCUT2D eigenvalue weighted by atomic mass is 9.93. The van der Waals surface area contributed by atoms with Crippen LogP contribution in [0.4, 0.5) is 5.69 Å². The van der Waals surface area contributed by atoms with Crippen LogP contribution in [0.3, 0.4) is 0 Å². The Bertz CT molecular complexity index is 1320. The van der Waals surface area contributed by atoms with Crippen LogP contribution in [0.5, 0.6) is 0 Å². The summed E-state index contributed by atoms with van der Waals surface area (Å²) in [4.78, 5) is 39.9. The predicted octanol–water partition coefficient (Wildman–Crippen LogP) is 5.54. The Hall–Kier alpha value is -4.31. The van der Waals surface area contributed by atoms with Crippen molar-refractivity contribution in [2.24, 2.45) is 0 Å². The van der Waals surface area contributed by atoms with Gasteiger partial charge >= 0.3 is 0 Å². The highest BCUT2D eigenvalue weighted by molar-refractivity contribution is 6.35. The summed E-state index contributed by atoms with van der Waals surface area (Å²) < 4.78 is 0. The van der Waals surface area contributed by atoms with Crippen LogP contribution in [-0.2, 0) is 0 Å². The van der Waals surface area contributed by atoms with Crippen molar-refractivity contribution in [3.8, 4) is 0 Å². The Balaban J connectivity index is 1.45. The summed E-state index contributed by atoms with van der Waals surface area (Å²) in [5.41, 5.74) is 2.85. The van der Waals surface area contributed by atoms with Gasteiger partial charge in [-0.2, -0.15) is 0 Å². The van der Waals surface area contributed by atoms with Crippen LogP contribution < -0.4 is 4.90 Å². The SMILES string of the molecule is O=C(/C=C/c1ccccc1)c1ccc(N2C(=O)c3cccc4cccc(c34)C2=O)cc1. The summed E-state index contributed by atoms with van der Waals surface area (Å²) in [5.74, 6) is -0.878. The normalized spacial score (nSPS) is 13.2. The smallest absolute Gasteiger partial charge is 0.265 e. The van der Waals surface area contributed by atoms with E-state index in [2.05, 4.69) is 0 Å². The van der Waals surface area contributed by atoms with Gasteiger partial charge in [-0.05, 0) is 53.4 Å². The van der Waals surface area contributed by atoms with Gasteiger partial charge < -0.3 is 0 Å². The number of ketones is 1. The zero-order chi connectivity index (χ0) is 21.4. The van der Waals surface area contributed by atoms with Crippen molar-refractivity contribution in [2.75, 3.05) is 4.90 Å². The zero-order valence-corrected chi connectivity index (χ0v) is 16.5. The Labute approximate surface area is 179 Å². The summed E-state index contributed by atoms with van der Waals surface area (Å²) in [5, 5.41) is 1.55. The third-order valence-corrected chi connectivity index (χ3v) is 5.41. The van der Waals surface area contributed by atoms with Gasteiger partial charge in [-0.15, -0.1) is 0 Å².